The number of ether oxygens (including phenoxy) is 2. The van der Waals surface area contributed by atoms with Gasteiger partial charge in [-0.15, -0.1) is 0 Å². The number of hydrogen-bond acceptors (Lipinski definition) is 8. The van der Waals surface area contributed by atoms with Crippen LogP contribution in [-0.4, -0.2) is 87.5 Å². The summed E-state index contributed by atoms with van der Waals surface area (Å²) in [6.45, 7) is 3.88. The molecule has 9 heteroatoms. The maximum absolute atomic E-state index is 13.1. The number of unbranched alkanes of at least 4 members (excludes halogenated alkanes) is 51. The van der Waals surface area contributed by atoms with Crippen LogP contribution in [0, 0.1) is 0 Å². The summed E-state index contributed by atoms with van der Waals surface area (Å²) >= 11 is 0. The van der Waals surface area contributed by atoms with Gasteiger partial charge in [-0.05, 0) is 38.5 Å². The van der Waals surface area contributed by atoms with E-state index in [1.807, 2.05) is 0 Å². The molecule has 0 aromatic carbocycles. The molecule has 0 radical (unpaired) electrons. The molecule has 0 saturated carbocycles. The number of allylic oxidation sites excluding steroid dienone is 2. The lowest BCUT2D eigenvalue weighted by Gasteiger charge is -2.40. The fourth-order valence-corrected chi connectivity index (χ4v) is 11.8. The Hall–Kier alpha value is -1.07. The number of carbonyl (C=O) groups is 1. The first-order valence-electron chi connectivity index (χ1n) is 35.4. The van der Waals surface area contributed by atoms with Gasteiger partial charge in [0.25, 0.3) is 0 Å². The molecule has 1 aliphatic heterocycles. The van der Waals surface area contributed by atoms with Gasteiger partial charge < -0.3 is 40.3 Å². The number of rotatable bonds is 63. The van der Waals surface area contributed by atoms with Gasteiger partial charge in [0, 0.05) is 6.42 Å². The van der Waals surface area contributed by atoms with Crippen LogP contribution in [0.15, 0.2) is 12.2 Å². The van der Waals surface area contributed by atoms with Crippen molar-refractivity contribution in [1.29, 1.82) is 0 Å². The SMILES string of the molecule is CCCCCCCCCC/C=C\CCCCCCCCCCCCCCCCCCCCCCCCCCCCCCCC(=O)NC(COC1OC(CO)C(O)C(O)C1O)C(O)CCCCCCCCCCCCCCCCC. The predicted molar refractivity (Wildman–Crippen MR) is 337 cm³/mol. The Balaban J connectivity index is 1.99. The third-order valence-electron chi connectivity index (χ3n) is 17.4. The zero-order chi connectivity index (χ0) is 57.2. The van der Waals surface area contributed by atoms with Gasteiger partial charge in [-0.25, -0.2) is 0 Å². The fraction of sp³-hybridized carbons (Fsp3) is 0.957. The van der Waals surface area contributed by atoms with E-state index in [-0.39, 0.29) is 12.5 Å². The Kier molecular flexibility index (Phi) is 57.7. The lowest BCUT2D eigenvalue weighted by Crippen LogP contribution is -2.60. The first-order valence-corrected chi connectivity index (χ1v) is 35.4. The van der Waals surface area contributed by atoms with E-state index in [0.29, 0.717) is 12.8 Å². The molecule has 0 aliphatic carbocycles. The van der Waals surface area contributed by atoms with Crippen LogP contribution < -0.4 is 5.32 Å². The molecule has 0 bridgehead atoms. The van der Waals surface area contributed by atoms with Crippen molar-refractivity contribution >= 4 is 5.91 Å². The Morgan fingerprint density at radius 3 is 1.03 bits per heavy atom. The minimum Gasteiger partial charge on any atom is -0.394 e. The molecule has 7 unspecified atom stereocenters. The van der Waals surface area contributed by atoms with Crippen LogP contribution in [0.3, 0.4) is 0 Å². The minimum atomic E-state index is -1.55. The van der Waals surface area contributed by atoms with Crippen molar-refractivity contribution in [2.24, 2.45) is 0 Å². The van der Waals surface area contributed by atoms with Crippen molar-refractivity contribution in [2.75, 3.05) is 13.2 Å². The second-order valence-corrected chi connectivity index (χ2v) is 25.0. The summed E-state index contributed by atoms with van der Waals surface area (Å²) in [6.07, 6.45) is 70.2. The molecule has 79 heavy (non-hydrogen) atoms. The second-order valence-electron chi connectivity index (χ2n) is 25.0. The normalized spacial score (nSPS) is 18.5. The molecule has 1 amide bonds. The summed E-state index contributed by atoms with van der Waals surface area (Å²) in [5, 5.41) is 54.8. The summed E-state index contributed by atoms with van der Waals surface area (Å²) in [5.74, 6) is -0.135. The van der Waals surface area contributed by atoms with Gasteiger partial charge in [-0.1, -0.05) is 341 Å². The number of amides is 1. The molecule has 1 saturated heterocycles. The lowest BCUT2D eigenvalue weighted by molar-refractivity contribution is -0.302. The number of hydrogen-bond donors (Lipinski definition) is 6. The topological polar surface area (TPSA) is 149 Å². The average Bonchev–Trinajstić information content (AvgIpc) is 3.46. The van der Waals surface area contributed by atoms with Crippen LogP contribution in [0.25, 0.3) is 0 Å². The predicted octanol–water partition coefficient (Wildman–Crippen LogP) is 19.1. The summed E-state index contributed by atoms with van der Waals surface area (Å²) in [6, 6.07) is -0.715. The molecule has 1 aliphatic rings. The Morgan fingerprint density at radius 1 is 0.418 bits per heavy atom. The fourth-order valence-electron chi connectivity index (χ4n) is 11.8. The molecule has 9 nitrogen and oxygen atoms in total. The Labute approximate surface area is 490 Å². The molecule has 1 heterocycles. The molecule has 470 valence electrons. The Bertz CT molecular complexity index is 1250. The molecule has 0 aromatic heterocycles. The number of nitrogens with one attached hydrogen (secondary N) is 1. The first kappa shape index (κ1) is 75.9. The first-order chi connectivity index (χ1) is 38.8. The smallest absolute Gasteiger partial charge is 0.220 e. The zero-order valence-corrected chi connectivity index (χ0v) is 52.7. The van der Waals surface area contributed by atoms with Gasteiger partial charge >= 0.3 is 0 Å². The van der Waals surface area contributed by atoms with E-state index >= 15 is 0 Å². The number of aliphatic hydroxyl groups excluding tert-OH is 5. The van der Waals surface area contributed by atoms with Gasteiger partial charge in [-0.3, -0.25) is 4.79 Å². The van der Waals surface area contributed by atoms with E-state index in [4.69, 9.17) is 9.47 Å². The maximum atomic E-state index is 13.1. The van der Waals surface area contributed by atoms with Crippen molar-refractivity contribution in [3.05, 3.63) is 12.2 Å². The van der Waals surface area contributed by atoms with E-state index in [1.54, 1.807) is 0 Å². The van der Waals surface area contributed by atoms with Gasteiger partial charge in [0.15, 0.2) is 6.29 Å². The minimum absolute atomic E-state index is 0.132. The van der Waals surface area contributed by atoms with Gasteiger partial charge in [-0.2, -0.15) is 0 Å². The standard InChI is InChI=1S/C70H137NO8/c1-3-5-7-9-11-13-15-17-19-20-21-22-23-24-25-26-27-28-29-30-31-32-33-34-35-36-37-38-39-40-41-42-43-44-46-48-50-52-54-56-58-60-66(74)71-63(62-78-70-69(77)68(76)67(75)65(61-72)79-70)64(73)59-57-55-53-51-49-47-45-18-16-14-12-10-8-6-4-2/h20-21,63-65,67-70,72-73,75-77H,3-19,22-62H2,1-2H3,(H,71,74)/b21-20-. The number of carbonyl (C=O) groups excluding carboxylic acids is 1. The van der Waals surface area contributed by atoms with Crippen LogP contribution in [-0.2, 0) is 14.3 Å². The highest BCUT2D eigenvalue weighted by Crippen LogP contribution is 2.24. The van der Waals surface area contributed by atoms with E-state index in [0.717, 1.165) is 38.5 Å². The van der Waals surface area contributed by atoms with Gasteiger partial charge in [0.05, 0.1) is 25.4 Å². The maximum Gasteiger partial charge on any atom is 0.220 e. The van der Waals surface area contributed by atoms with Crippen LogP contribution in [0.1, 0.15) is 373 Å². The molecule has 7 atom stereocenters. The number of aliphatic hydroxyl groups is 5. The van der Waals surface area contributed by atoms with Crippen molar-refractivity contribution in [2.45, 2.75) is 416 Å². The largest absolute Gasteiger partial charge is 0.394 e. The van der Waals surface area contributed by atoms with Crippen molar-refractivity contribution in [3.8, 4) is 0 Å². The average molecular weight is 1120 g/mol. The summed E-state index contributed by atoms with van der Waals surface area (Å²) in [4.78, 5) is 13.1. The highest BCUT2D eigenvalue weighted by atomic mass is 16.7. The monoisotopic (exact) mass is 1120 g/mol. The summed E-state index contributed by atoms with van der Waals surface area (Å²) in [7, 11) is 0. The van der Waals surface area contributed by atoms with E-state index in [2.05, 4.69) is 31.3 Å². The van der Waals surface area contributed by atoms with Crippen LogP contribution >= 0.6 is 0 Å². The molecular weight excluding hydrogens is 983 g/mol. The van der Waals surface area contributed by atoms with E-state index < -0.39 is 49.5 Å². The Morgan fingerprint density at radius 2 is 0.709 bits per heavy atom. The molecule has 6 N–H and O–H groups in total. The molecule has 0 spiro atoms. The quantitative estimate of drug-likeness (QED) is 0.0261. The molecular formula is C70H137NO8. The third kappa shape index (κ3) is 49.0. The lowest BCUT2D eigenvalue weighted by atomic mass is 9.99. The van der Waals surface area contributed by atoms with Gasteiger partial charge in [0.1, 0.15) is 24.4 Å². The third-order valence-corrected chi connectivity index (χ3v) is 17.4. The highest BCUT2D eigenvalue weighted by Gasteiger charge is 2.44. The highest BCUT2D eigenvalue weighted by molar-refractivity contribution is 5.76. The zero-order valence-electron chi connectivity index (χ0n) is 52.7. The van der Waals surface area contributed by atoms with E-state index in [9.17, 15) is 30.3 Å². The molecule has 1 rings (SSSR count). The molecule has 0 aromatic rings. The van der Waals surface area contributed by atoms with Crippen LogP contribution in [0.2, 0.25) is 0 Å². The van der Waals surface area contributed by atoms with Crippen molar-refractivity contribution < 1.29 is 39.8 Å². The molecule has 1 fully saturated rings. The van der Waals surface area contributed by atoms with Crippen molar-refractivity contribution in [3.63, 3.8) is 0 Å². The van der Waals surface area contributed by atoms with Crippen LogP contribution in [0.5, 0.6) is 0 Å². The van der Waals surface area contributed by atoms with E-state index in [1.165, 1.54) is 308 Å². The summed E-state index contributed by atoms with van der Waals surface area (Å²) in [5.41, 5.74) is 0. The summed E-state index contributed by atoms with van der Waals surface area (Å²) < 4.78 is 11.3. The second kappa shape index (κ2) is 60.1. The van der Waals surface area contributed by atoms with Crippen LogP contribution in [0.4, 0.5) is 0 Å². The van der Waals surface area contributed by atoms with Crippen molar-refractivity contribution in [1.82, 2.24) is 5.32 Å². The van der Waals surface area contributed by atoms with Gasteiger partial charge in [0.2, 0.25) is 5.91 Å².